The second-order valence-electron chi connectivity index (χ2n) is 4.00. The first-order chi connectivity index (χ1) is 8.69. The minimum atomic E-state index is -0.463. The van der Waals surface area contributed by atoms with Gasteiger partial charge in [0.15, 0.2) is 0 Å². The number of halogens is 2. The molecular weight excluding hydrogens is 234 g/mol. The number of nitrogens with one attached hydrogen (secondary N) is 1. The zero-order valence-electron chi connectivity index (χ0n) is 9.79. The highest BCUT2D eigenvalue weighted by Gasteiger charge is 2.03. The number of nitrogens with two attached hydrogens (primary N) is 1. The molecule has 0 spiro atoms. The lowest BCUT2D eigenvalue weighted by Gasteiger charge is -2.08. The highest BCUT2D eigenvalue weighted by Crippen LogP contribution is 2.16. The van der Waals surface area contributed by atoms with E-state index < -0.39 is 11.6 Å². The monoisotopic (exact) mass is 248 g/mol. The quantitative estimate of drug-likeness (QED) is 0.872. The van der Waals surface area contributed by atoms with Crippen molar-refractivity contribution >= 4 is 5.69 Å². The zero-order chi connectivity index (χ0) is 13.0. The third kappa shape index (κ3) is 3.05. The van der Waals surface area contributed by atoms with E-state index in [0.717, 1.165) is 29.3 Å². The summed E-state index contributed by atoms with van der Waals surface area (Å²) in [6.07, 6.45) is 0. The van der Waals surface area contributed by atoms with E-state index in [1.165, 1.54) is 0 Å². The lowest BCUT2D eigenvalue weighted by molar-refractivity contribution is 0.602. The van der Waals surface area contributed by atoms with Gasteiger partial charge in [-0.15, -0.1) is 0 Å². The van der Waals surface area contributed by atoms with E-state index in [2.05, 4.69) is 5.32 Å². The molecule has 2 aromatic rings. The maximum Gasteiger partial charge on any atom is 0.146 e. The summed E-state index contributed by atoms with van der Waals surface area (Å²) in [5, 5.41) is 2.86. The molecule has 0 bridgehead atoms. The largest absolute Gasteiger partial charge is 0.379 e. The van der Waals surface area contributed by atoms with Gasteiger partial charge in [0.05, 0.1) is 5.69 Å². The van der Waals surface area contributed by atoms with Gasteiger partial charge in [-0.1, -0.05) is 24.3 Å². The van der Waals surface area contributed by atoms with Crippen LogP contribution in [-0.2, 0) is 13.1 Å². The van der Waals surface area contributed by atoms with Crippen LogP contribution in [-0.4, -0.2) is 0 Å². The van der Waals surface area contributed by atoms with Crippen LogP contribution in [0.25, 0.3) is 0 Å². The molecule has 0 aliphatic heterocycles. The van der Waals surface area contributed by atoms with Gasteiger partial charge in [0, 0.05) is 13.1 Å². The summed E-state index contributed by atoms with van der Waals surface area (Å²) >= 11 is 0. The minimum Gasteiger partial charge on any atom is -0.379 e. The Morgan fingerprint density at radius 2 is 1.61 bits per heavy atom. The summed E-state index contributed by atoms with van der Waals surface area (Å²) in [6, 6.07) is 11.0. The van der Waals surface area contributed by atoms with Crippen molar-refractivity contribution in [2.45, 2.75) is 13.1 Å². The van der Waals surface area contributed by atoms with Crippen molar-refractivity contribution in [1.82, 2.24) is 0 Å². The lowest BCUT2D eigenvalue weighted by atomic mass is 10.1. The van der Waals surface area contributed by atoms with Crippen LogP contribution in [0.4, 0.5) is 14.5 Å². The highest BCUT2D eigenvalue weighted by molar-refractivity contribution is 5.45. The summed E-state index contributed by atoms with van der Waals surface area (Å²) in [4.78, 5) is 0. The van der Waals surface area contributed by atoms with Crippen LogP contribution >= 0.6 is 0 Å². The number of anilines is 1. The Labute approximate surface area is 104 Å². The van der Waals surface area contributed by atoms with Crippen molar-refractivity contribution in [1.29, 1.82) is 0 Å². The fraction of sp³-hybridized carbons (Fsp3) is 0.143. The maximum absolute atomic E-state index is 13.3. The third-order valence-electron chi connectivity index (χ3n) is 2.67. The Kier molecular flexibility index (Phi) is 3.89. The second kappa shape index (κ2) is 5.60. The molecule has 2 nitrogen and oxygen atoms in total. The van der Waals surface area contributed by atoms with Crippen molar-refractivity contribution in [3.8, 4) is 0 Å². The average molecular weight is 248 g/mol. The van der Waals surface area contributed by atoms with E-state index in [1.807, 2.05) is 24.3 Å². The molecule has 0 aliphatic carbocycles. The molecule has 0 unspecified atom stereocenters. The first-order valence-corrected chi connectivity index (χ1v) is 5.66. The van der Waals surface area contributed by atoms with E-state index in [0.29, 0.717) is 13.1 Å². The van der Waals surface area contributed by atoms with Gasteiger partial charge in [0.2, 0.25) is 0 Å². The summed E-state index contributed by atoms with van der Waals surface area (Å²) < 4.78 is 26.3. The SMILES string of the molecule is NCc1ccc(CNc2cc(F)ccc2F)cc1. The molecule has 18 heavy (non-hydrogen) atoms. The molecule has 2 rings (SSSR count). The fourth-order valence-corrected chi connectivity index (χ4v) is 1.62. The van der Waals surface area contributed by atoms with Crippen molar-refractivity contribution in [3.05, 3.63) is 65.2 Å². The molecule has 0 heterocycles. The smallest absolute Gasteiger partial charge is 0.146 e. The zero-order valence-corrected chi connectivity index (χ0v) is 9.79. The molecule has 0 fully saturated rings. The molecule has 94 valence electrons. The normalized spacial score (nSPS) is 10.4. The highest BCUT2D eigenvalue weighted by atomic mass is 19.1. The molecule has 0 amide bonds. The van der Waals surface area contributed by atoms with Gasteiger partial charge in [0.25, 0.3) is 0 Å². The molecule has 3 N–H and O–H groups in total. The first kappa shape index (κ1) is 12.5. The van der Waals surface area contributed by atoms with E-state index in [4.69, 9.17) is 5.73 Å². The van der Waals surface area contributed by atoms with E-state index in [1.54, 1.807) is 0 Å². The Hall–Kier alpha value is -1.94. The van der Waals surface area contributed by atoms with E-state index >= 15 is 0 Å². The molecule has 0 atom stereocenters. The summed E-state index contributed by atoms with van der Waals surface area (Å²) in [5.41, 5.74) is 7.68. The van der Waals surface area contributed by atoms with Gasteiger partial charge < -0.3 is 11.1 Å². The summed E-state index contributed by atoms with van der Waals surface area (Å²) in [5.74, 6) is -0.924. The molecule has 0 saturated heterocycles. The van der Waals surface area contributed by atoms with Gasteiger partial charge in [0.1, 0.15) is 11.6 Å². The Balaban J connectivity index is 2.04. The van der Waals surface area contributed by atoms with Crippen LogP contribution in [0.3, 0.4) is 0 Å². The molecule has 0 radical (unpaired) electrons. The van der Waals surface area contributed by atoms with Gasteiger partial charge in [-0.3, -0.25) is 0 Å². The van der Waals surface area contributed by atoms with Crippen molar-refractivity contribution in [3.63, 3.8) is 0 Å². The Morgan fingerprint density at radius 3 is 2.28 bits per heavy atom. The minimum absolute atomic E-state index is 0.165. The van der Waals surface area contributed by atoms with Crippen LogP contribution in [0.5, 0.6) is 0 Å². The maximum atomic E-state index is 13.3. The number of hydrogen-bond donors (Lipinski definition) is 2. The molecule has 0 saturated carbocycles. The predicted molar refractivity (Wildman–Crippen MR) is 68.0 cm³/mol. The molecule has 0 aromatic heterocycles. The van der Waals surface area contributed by atoms with Gasteiger partial charge in [-0.2, -0.15) is 0 Å². The fourth-order valence-electron chi connectivity index (χ4n) is 1.62. The number of hydrogen-bond acceptors (Lipinski definition) is 2. The summed E-state index contributed by atoms with van der Waals surface area (Å²) in [7, 11) is 0. The lowest BCUT2D eigenvalue weighted by Crippen LogP contribution is -2.02. The average Bonchev–Trinajstić information content (AvgIpc) is 2.40. The summed E-state index contributed by atoms with van der Waals surface area (Å²) in [6.45, 7) is 0.928. The van der Waals surface area contributed by atoms with Crippen LogP contribution in [0, 0.1) is 11.6 Å². The van der Waals surface area contributed by atoms with Crippen LogP contribution in [0.2, 0.25) is 0 Å². The topological polar surface area (TPSA) is 38.0 Å². The third-order valence-corrected chi connectivity index (χ3v) is 2.67. The van der Waals surface area contributed by atoms with E-state index in [-0.39, 0.29) is 5.69 Å². The number of benzene rings is 2. The Morgan fingerprint density at radius 1 is 0.944 bits per heavy atom. The van der Waals surface area contributed by atoms with Crippen LogP contribution in [0.1, 0.15) is 11.1 Å². The molecular formula is C14H14F2N2. The molecule has 2 aromatic carbocycles. The standard InChI is InChI=1S/C14H14F2N2/c15-12-5-6-13(16)14(7-12)18-9-11-3-1-10(8-17)2-4-11/h1-7,18H,8-9,17H2. The molecule has 0 aliphatic rings. The number of rotatable bonds is 4. The van der Waals surface area contributed by atoms with Crippen LogP contribution in [0.15, 0.2) is 42.5 Å². The Bertz CT molecular complexity index is 524. The van der Waals surface area contributed by atoms with Gasteiger partial charge >= 0.3 is 0 Å². The van der Waals surface area contributed by atoms with E-state index in [9.17, 15) is 8.78 Å². The predicted octanol–water partition coefficient (Wildman–Crippen LogP) is 3.04. The van der Waals surface area contributed by atoms with Gasteiger partial charge in [-0.05, 0) is 29.3 Å². The van der Waals surface area contributed by atoms with Crippen molar-refractivity contribution in [2.75, 3.05) is 5.32 Å². The first-order valence-electron chi connectivity index (χ1n) is 5.66. The van der Waals surface area contributed by atoms with Gasteiger partial charge in [-0.25, -0.2) is 8.78 Å². The van der Waals surface area contributed by atoms with Crippen molar-refractivity contribution in [2.24, 2.45) is 5.73 Å². The van der Waals surface area contributed by atoms with Crippen LogP contribution < -0.4 is 11.1 Å². The molecule has 4 heteroatoms. The van der Waals surface area contributed by atoms with Crippen molar-refractivity contribution < 1.29 is 8.78 Å². The second-order valence-corrected chi connectivity index (χ2v) is 4.00.